The summed E-state index contributed by atoms with van der Waals surface area (Å²) in [6.45, 7) is 4.23. The molecule has 0 saturated heterocycles. The molecule has 1 heterocycles. The van der Waals surface area contributed by atoms with Crippen LogP contribution in [0.3, 0.4) is 0 Å². The average Bonchev–Trinajstić information content (AvgIpc) is 2.62. The Balaban J connectivity index is 2.43. The van der Waals surface area contributed by atoms with Gasteiger partial charge in [0.2, 0.25) is 0 Å². The number of rotatable bonds is 3. The summed E-state index contributed by atoms with van der Waals surface area (Å²) < 4.78 is 28.3. The fourth-order valence-electron chi connectivity index (χ4n) is 1.68. The van der Waals surface area contributed by atoms with Crippen LogP contribution in [-0.2, 0) is 6.54 Å². The number of nitrogen functional groups attached to an aromatic ring is 1. The monoisotopic (exact) mass is 252 g/mol. The van der Waals surface area contributed by atoms with Gasteiger partial charge < -0.3 is 11.1 Å². The molecule has 0 unspecified atom stereocenters. The van der Waals surface area contributed by atoms with E-state index in [2.05, 4.69) is 10.4 Å². The van der Waals surface area contributed by atoms with Crippen molar-refractivity contribution in [1.29, 1.82) is 0 Å². The molecule has 6 heteroatoms. The smallest absolute Gasteiger partial charge is 0.182 e. The molecular weight excluding hydrogens is 238 g/mol. The third-order valence-electron chi connectivity index (χ3n) is 2.68. The van der Waals surface area contributed by atoms with Crippen molar-refractivity contribution in [2.24, 2.45) is 0 Å². The van der Waals surface area contributed by atoms with Crippen molar-refractivity contribution in [2.75, 3.05) is 11.1 Å². The minimum absolute atomic E-state index is 0.0382. The van der Waals surface area contributed by atoms with Gasteiger partial charge in [-0.25, -0.2) is 13.5 Å². The highest BCUT2D eigenvalue weighted by Gasteiger charge is 2.14. The number of nitrogens with one attached hydrogen (secondary N) is 1. The zero-order valence-electron chi connectivity index (χ0n) is 10.2. The van der Waals surface area contributed by atoms with Gasteiger partial charge in [0.25, 0.3) is 0 Å². The molecular formula is C12H14F2N4. The summed E-state index contributed by atoms with van der Waals surface area (Å²) in [5.41, 5.74) is 6.97. The lowest BCUT2D eigenvalue weighted by Crippen LogP contribution is -2.05. The predicted octanol–water partition coefficient (Wildman–Crippen LogP) is 2.82. The summed E-state index contributed by atoms with van der Waals surface area (Å²) in [4.78, 5) is 0. The average molecular weight is 252 g/mol. The molecule has 3 N–H and O–H groups in total. The minimum atomic E-state index is -0.932. The van der Waals surface area contributed by atoms with Crippen molar-refractivity contribution in [2.45, 2.75) is 20.4 Å². The first-order valence-corrected chi connectivity index (χ1v) is 5.58. The lowest BCUT2D eigenvalue weighted by atomic mass is 10.3. The summed E-state index contributed by atoms with van der Waals surface area (Å²) in [5.74, 6) is -1.37. The van der Waals surface area contributed by atoms with Crippen LogP contribution in [0.25, 0.3) is 0 Å². The second kappa shape index (κ2) is 4.64. The van der Waals surface area contributed by atoms with Crippen LogP contribution < -0.4 is 11.1 Å². The quantitative estimate of drug-likeness (QED) is 0.883. The minimum Gasteiger partial charge on any atom is -0.394 e. The molecule has 0 atom stereocenters. The fourth-order valence-corrected chi connectivity index (χ4v) is 1.68. The van der Waals surface area contributed by atoms with E-state index in [1.165, 1.54) is 12.1 Å². The molecule has 0 bridgehead atoms. The normalized spacial score (nSPS) is 10.7. The maximum atomic E-state index is 13.6. The lowest BCUT2D eigenvalue weighted by Gasteiger charge is -2.10. The topological polar surface area (TPSA) is 55.9 Å². The Morgan fingerprint density at radius 1 is 1.39 bits per heavy atom. The van der Waals surface area contributed by atoms with Gasteiger partial charge in [-0.2, -0.15) is 5.10 Å². The third-order valence-corrected chi connectivity index (χ3v) is 2.68. The van der Waals surface area contributed by atoms with E-state index < -0.39 is 11.6 Å². The van der Waals surface area contributed by atoms with Crippen molar-refractivity contribution in [3.8, 4) is 0 Å². The van der Waals surface area contributed by atoms with Gasteiger partial charge in [-0.15, -0.1) is 0 Å². The number of aryl methyl sites for hydroxylation is 2. The van der Waals surface area contributed by atoms with E-state index in [4.69, 9.17) is 5.73 Å². The third kappa shape index (κ3) is 2.01. The molecule has 4 nitrogen and oxygen atoms in total. The maximum absolute atomic E-state index is 13.6. The van der Waals surface area contributed by atoms with E-state index in [1.807, 2.05) is 6.92 Å². The SMILES string of the molecule is CCn1nc(C)c(N)c1Nc1cccc(F)c1F. The zero-order chi connectivity index (χ0) is 13.3. The Morgan fingerprint density at radius 2 is 2.11 bits per heavy atom. The van der Waals surface area contributed by atoms with Crippen LogP contribution >= 0.6 is 0 Å². The fraction of sp³-hybridized carbons (Fsp3) is 0.250. The van der Waals surface area contributed by atoms with E-state index in [1.54, 1.807) is 11.6 Å². The van der Waals surface area contributed by atoms with Gasteiger partial charge in [0.05, 0.1) is 17.1 Å². The largest absolute Gasteiger partial charge is 0.394 e. The molecule has 1 aromatic carbocycles. The van der Waals surface area contributed by atoms with Crippen LogP contribution in [0, 0.1) is 18.6 Å². The highest BCUT2D eigenvalue weighted by atomic mass is 19.2. The molecule has 18 heavy (non-hydrogen) atoms. The molecule has 0 radical (unpaired) electrons. The van der Waals surface area contributed by atoms with Crippen molar-refractivity contribution in [3.05, 3.63) is 35.5 Å². The Morgan fingerprint density at radius 3 is 2.78 bits per heavy atom. The Kier molecular flexibility index (Phi) is 3.18. The second-order valence-electron chi connectivity index (χ2n) is 3.89. The van der Waals surface area contributed by atoms with E-state index in [9.17, 15) is 8.78 Å². The van der Waals surface area contributed by atoms with E-state index >= 15 is 0 Å². The first-order valence-electron chi connectivity index (χ1n) is 5.58. The van der Waals surface area contributed by atoms with Gasteiger partial charge in [0.1, 0.15) is 0 Å². The van der Waals surface area contributed by atoms with Crippen molar-refractivity contribution >= 4 is 17.2 Å². The second-order valence-corrected chi connectivity index (χ2v) is 3.89. The highest BCUT2D eigenvalue weighted by Crippen LogP contribution is 2.27. The molecule has 2 aromatic rings. The van der Waals surface area contributed by atoms with Gasteiger partial charge in [0.15, 0.2) is 17.5 Å². The van der Waals surface area contributed by atoms with E-state index in [-0.39, 0.29) is 5.69 Å². The number of hydrogen-bond donors (Lipinski definition) is 2. The molecule has 0 aliphatic heterocycles. The Hall–Kier alpha value is -2.11. The molecule has 0 fully saturated rings. The summed E-state index contributed by atoms with van der Waals surface area (Å²) in [6, 6.07) is 3.93. The van der Waals surface area contributed by atoms with Gasteiger partial charge >= 0.3 is 0 Å². The summed E-state index contributed by atoms with van der Waals surface area (Å²) in [7, 11) is 0. The number of aromatic nitrogens is 2. The van der Waals surface area contributed by atoms with Crippen LogP contribution in [0.2, 0.25) is 0 Å². The van der Waals surface area contributed by atoms with Gasteiger partial charge in [-0.3, -0.25) is 0 Å². The summed E-state index contributed by atoms with van der Waals surface area (Å²) in [6.07, 6.45) is 0. The molecule has 0 amide bonds. The first-order chi connectivity index (χ1) is 8.54. The van der Waals surface area contributed by atoms with Crippen LogP contribution in [0.15, 0.2) is 18.2 Å². The van der Waals surface area contributed by atoms with Crippen LogP contribution in [0.1, 0.15) is 12.6 Å². The van der Waals surface area contributed by atoms with Gasteiger partial charge in [-0.1, -0.05) is 6.07 Å². The molecule has 96 valence electrons. The summed E-state index contributed by atoms with van der Waals surface area (Å²) >= 11 is 0. The Labute approximate surface area is 103 Å². The van der Waals surface area contributed by atoms with E-state index in [0.717, 1.165) is 6.07 Å². The molecule has 2 rings (SSSR count). The molecule has 0 aliphatic rings. The number of halogens is 2. The van der Waals surface area contributed by atoms with Crippen LogP contribution in [0.4, 0.5) is 26.0 Å². The van der Waals surface area contributed by atoms with Crippen LogP contribution in [0.5, 0.6) is 0 Å². The predicted molar refractivity (Wildman–Crippen MR) is 66.7 cm³/mol. The molecule has 1 aromatic heterocycles. The first kappa shape index (κ1) is 12.3. The number of anilines is 3. The number of nitrogens with zero attached hydrogens (tertiary/aromatic N) is 2. The van der Waals surface area contributed by atoms with Crippen molar-refractivity contribution < 1.29 is 8.78 Å². The Bertz CT molecular complexity index is 578. The zero-order valence-corrected chi connectivity index (χ0v) is 10.2. The number of nitrogens with two attached hydrogens (primary N) is 1. The number of hydrogen-bond acceptors (Lipinski definition) is 3. The van der Waals surface area contributed by atoms with Gasteiger partial charge in [0, 0.05) is 6.54 Å². The maximum Gasteiger partial charge on any atom is 0.182 e. The highest BCUT2D eigenvalue weighted by molar-refractivity contribution is 5.71. The summed E-state index contributed by atoms with van der Waals surface area (Å²) in [5, 5.41) is 6.97. The number of benzene rings is 1. The molecule has 0 aliphatic carbocycles. The van der Waals surface area contributed by atoms with Gasteiger partial charge in [-0.05, 0) is 26.0 Å². The molecule has 0 saturated carbocycles. The van der Waals surface area contributed by atoms with Crippen molar-refractivity contribution in [1.82, 2.24) is 9.78 Å². The van der Waals surface area contributed by atoms with E-state index in [0.29, 0.717) is 23.7 Å². The van der Waals surface area contributed by atoms with Crippen LogP contribution in [-0.4, -0.2) is 9.78 Å². The van der Waals surface area contributed by atoms with Crippen molar-refractivity contribution in [3.63, 3.8) is 0 Å². The lowest BCUT2D eigenvalue weighted by molar-refractivity contribution is 0.511. The molecule has 0 spiro atoms. The standard InChI is InChI=1S/C12H14F2N4/c1-3-18-12(11(15)7(2)17-18)16-9-6-4-5-8(13)10(9)14/h4-6,16H,3,15H2,1-2H3.